The van der Waals surface area contributed by atoms with Gasteiger partial charge < -0.3 is 15.1 Å². The highest BCUT2D eigenvalue weighted by Crippen LogP contribution is 2.33. The smallest absolute Gasteiger partial charge is 0.0109 e. The molecule has 0 amide bonds. The maximum absolute atomic E-state index is 3.50. The lowest BCUT2D eigenvalue weighted by atomic mass is 9.76. The van der Waals surface area contributed by atoms with Gasteiger partial charge in [0.1, 0.15) is 0 Å². The first-order chi connectivity index (χ1) is 8.74. The molecule has 106 valence electrons. The molecule has 0 aromatic carbocycles. The summed E-state index contributed by atoms with van der Waals surface area (Å²) in [6.45, 7) is 11.3. The summed E-state index contributed by atoms with van der Waals surface area (Å²) < 4.78 is 0. The fraction of sp³-hybridized carbons (Fsp3) is 1.00. The summed E-state index contributed by atoms with van der Waals surface area (Å²) in [6, 6.07) is 0. The first kappa shape index (κ1) is 14.3. The van der Waals surface area contributed by atoms with Crippen LogP contribution >= 0.6 is 0 Å². The normalized spacial score (nSPS) is 24.8. The first-order valence-electron chi connectivity index (χ1n) is 7.86. The highest BCUT2D eigenvalue weighted by atomic mass is 15.2. The molecule has 2 aliphatic rings. The molecule has 3 heteroatoms. The van der Waals surface area contributed by atoms with E-state index in [0.717, 1.165) is 0 Å². The van der Waals surface area contributed by atoms with Gasteiger partial charge in [0.15, 0.2) is 0 Å². The number of piperidine rings is 1. The minimum Gasteiger partial charge on any atom is -0.317 e. The molecule has 0 aromatic heterocycles. The largest absolute Gasteiger partial charge is 0.317 e. The van der Waals surface area contributed by atoms with E-state index in [9.17, 15) is 0 Å². The Bertz CT molecular complexity index is 230. The van der Waals surface area contributed by atoms with Crippen molar-refractivity contribution in [2.75, 3.05) is 52.9 Å². The van der Waals surface area contributed by atoms with Gasteiger partial charge in [0.25, 0.3) is 0 Å². The van der Waals surface area contributed by atoms with Crippen LogP contribution in [-0.2, 0) is 0 Å². The van der Waals surface area contributed by atoms with Crippen molar-refractivity contribution in [2.45, 2.75) is 39.0 Å². The number of rotatable bonds is 6. The summed E-state index contributed by atoms with van der Waals surface area (Å²) in [5, 5.41) is 3.50. The van der Waals surface area contributed by atoms with Crippen LogP contribution in [-0.4, -0.2) is 62.7 Å². The van der Waals surface area contributed by atoms with Crippen molar-refractivity contribution in [2.24, 2.45) is 5.41 Å². The zero-order valence-corrected chi connectivity index (χ0v) is 12.4. The molecule has 18 heavy (non-hydrogen) atoms. The van der Waals surface area contributed by atoms with Gasteiger partial charge in [-0.15, -0.1) is 0 Å². The van der Waals surface area contributed by atoms with Crippen LogP contribution in [0.3, 0.4) is 0 Å². The Hall–Kier alpha value is -0.120. The molecular weight excluding hydrogens is 222 g/mol. The second kappa shape index (κ2) is 6.88. The number of likely N-dealkylation sites (tertiary alicyclic amines) is 1. The summed E-state index contributed by atoms with van der Waals surface area (Å²) in [4.78, 5) is 5.20. The predicted molar refractivity (Wildman–Crippen MR) is 78.0 cm³/mol. The third-order valence-electron chi connectivity index (χ3n) is 5.02. The Morgan fingerprint density at radius 1 is 1.17 bits per heavy atom. The lowest BCUT2D eigenvalue weighted by Gasteiger charge is -2.40. The van der Waals surface area contributed by atoms with Gasteiger partial charge in [0, 0.05) is 19.6 Å². The van der Waals surface area contributed by atoms with Crippen molar-refractivity contribution in [3.05, 3.63) is 0 Å². The van der Waals surface area contributed by atoms with Crippen molar-refractivity contribution in [1.29, 1.82) is 0 Å². The molecule has 2 aliphatic heterocycles. The van der Waals surface area contributed by atoms with Gasteiger partial charge in [0.2, 0.25) is 0 Å². The summed E-state index contributed by atoms with van der Waals surface area (Å²) in [5.41, 5.74) is 0.588. The number of hydrogen-bond donors (Lipinski definition) is 1. The van der Waals surface area contributed by atoms with Gasteiger partial charge in [-0.05, 0) is 70.7 Å². The molecule has 0 atom stereocenters. The Kier molecular flexibility index (Phi) is 5.46. The van der Waals surface area contributed by atoms with Crippen LogP contribution in [0.1, 0.15) is 39.0 Å². The molecule has 0 radical (unpaired) electrons. The van der Waals surface area contributed by atoms with E-state index in [2.05, 4.69) is 29.1 Å². The molecule has 0 aliphatic carbocycles. The molecule has 3 nitrogen and oxygen atoms in total. The van der Waals surface area contributed by atoms with Crippen LogP contribution in [0.4, 0.5) is 0 Å². The van der Waals surface area contributed by atoms with E-state index < -0.39 is 0 Å². The monoisotopic (exact) mass is 253 g/mol. The van der Waals surface area contributed by atoms with Crippen LogP contribution in [0, 0.1) is 5.41 Å². The van der Waals surface area contributed by atoms with E-state index in [1.54, 1.807) is 0 Å². The standard InChI is InChI=1S/C15H31N3/c1-3-15(6-8-16-9-7-15)14-17(2)12-13-18-10-4-5-11-18/h16H,3-14H2,1-2H3. The first-order valence-corrected chi connectivity index (χ1v) is 7.86. The third-order valence-corrected chi connectivity index (χ3v) is 5.02. The molecule has 1 N–H and O–H groups in total. The number of nitrogens with one attached hydrogen (secondary N) is 1. The minimum absolute atomic E-state index is 0.588. The van der Waals surface area contributed by atoms with E-state index in [4.69, 9.17) is 0 Å². The lowest BCUT2D eigenvalue weighted by molar-refractivity contribution is 0.116. The lowest BCUT2D eigenvalue weighted by Crippen LogP contribution is -2.44. The van der Waals surface area contributed by atoms with E-state index >= 15 is 0 Å². The molecule has 0 saturated carbocycles. The molecule has 0 aromatic rings. The highest BCUT2D eigenvalue weighted by Gasteiger charge is 2.31. The van der Waals surface area contributed by atoms with Crippen LogP contribution in [0.5, 0.6) is 0 Å². The molecule has 0 spiro atoms. The van der Waals surface area contributed by atoms with Gasteiger partial charge in [-0.25, -0.2) is 0 Å². The Morgan fingerprint density at radius 2 is 1.83 bits per heavy atom. The molecule has 0 unspecified atom stereocenters. The number of nitrogens with zero attached hydrogens (tertiary/aromatic N) is 2. The SMILES string of the molecule is CCC1(CN(C)CCN2CCCC2)CCNCC1. The summed E-state index contributed by atoms with van der Waals surface area (Å²) in [6.07, 6.45) is 6.88. The maximum Gasteiger partial charge on any atom is 0.0109 e. The molecule has 2 rings (SSSR count). The van der Waals surface area contributed by atoms with Crippen molar-refractivity contribution in [3.8, 4) is 0 Å². The second-order valence-corrected chi connectivity index (χ2v) is 6.39. The van der Waals surface area contributed by atoms with Gasteiger partial charge in [0.05, 0.1) is 0 Å². The van der Waals surface area contributed by atoms with Crippen LogP contribution < -0.4 is 5.32 Å². The fourth-order valence-corrected chi connectivity index (χ4v) is 3.55. The Morgan fingerprint density at radius 3 is 2.44 bits per heavy atom. The van der Waals surface area contributed by atoms with Crippen molar-refractivity contribution < 1.29 is 0 Å². The van der Waals surface area contributed by atoms with Gasteiger partial charge in [-0.3, -0.25) is 0 Å². The van der Waals surface area contributed by atoms with Crippen molar-refractivity contribution >= 4 is 0 Å². The summed E-state index contributed by atoms with van der Waals surface area (Å²) in [7, 11) is 2.31. The topological polar surface area (TPSA) is 18.5 Å². The Labute approximate surface area is 113 Å². The summed E-state index contributed by atoms with van der Waals surface area (Å²) >= 11 is 0. The van der Waals surface area contributed by atoms with Gasteiger partial charge in [-0.2, -0.15) is 0 Å². The zero-order chi connectivity index (χ0) is 12.8. The average Bonchev–Trinajstić information content (AvgIpc) is 2.91. The fourth-order valence-electron chi connectivity index (χ4n) is 3.55. The molecule has 2 saturated heterocycles. The quantitative estimate of drug-likeness (QED) is 0.778. The predicted octanol–water partition coefficient (Wildman–Crippen LogP) is 1.79. The number of likely N-dealkylation sites (N-methyl/N-ethyl adjacent to an activating group) is 1. The van der Waals surface area contributed by atoms with E-state index in [0.29, 0.717) is 5.41 Å². The highest BCUT2D eigenvalue weighted by molar-refractivity contribution is 4.86. The second-order valence-electron chi connectivity index (χ2n) is 6.39. The number of hydrogen-bond acceptors (Lipinski definition) is 3. The van der Waals surface area contributed by atoms with Crippen molar-refractivity contribution in [1.82, 2.24) is 15.1 Å². The van der Waals surface area contributed by atoms with Crippen LogP contribution in [0.15, 0.2) is 0 Å². The van der Waals surface area contributed by atoms with Gasteiger partial charge >= 0.3 is 0 Å². The Balaban J connectivity index is 1.72. The van der Waals surface area contributed by atoms with E-state index in [1.165, 1.54) is 77.9 Å². The maximum atomic E-state index is 3.50. The van der Waals surface area contributed by atoms with Crippen molar-refractivity contribution in [3.63, 3.8) is 0 Å². The average molecular weight is 253 g/mol. The van der Waals surface area contributed by atoms with E-state index in [-0.39, 0.29) is 0 Å². The molecule has 2 fully saturated rings. The van der Waals surface area contributed by atoms with Crippen LogP contribution in [0.2, 0.25) is 0 Å². The molecular formula is C15H31N3. The molecule has 0 bridgehead atoms. The summed E-state index contributed by atoms with van der Waals surface area (Å²) in [5.74, 6) is 0. The molecule has 2 heterocycles. The third kappa shape index (κ3) is 3.94. The zero-order valence-electron chi connectivity index (χ0n) is 12.4. The van der Waals surface area contributed by atoms with Gasteiger partial charge in [-0.1, -0.05) is 6.92 Å². The van der Waals surface area contributed by atoms with Crippen LogP contribution in [0.25, 0.3) is 0 Å². The van der Waals surface area contributed by atoms with E-state index in [1.807, 2.05) is 0 Å². The minimum atomic E-state index is 0.588.